The summed E-state index contributed by atoms with van der Waals surface area (Å²) in [6.07, 6.45) is -0.103. The lowest BCUT2D eigenvalue weighted by atomic mass is 10.4. The molecule has 0 rings (SSSR count). The van der Waals surface area contributed by atoms with Gasteiger partial charge < -0.3 is 0 Å². The predicted molar refractivity (Wildman–Crippen MR) is 58.4 cm³/mol. The number of rotatable bonds is 6. The summed E-state index contributed by atoms with van der Waals surface area (Å²) in [6, 6.07) is 0.131. The summed E-state index contributed by atoms with van der Waals surface area (Å²) >= 11 is 0. The highest BCUT2D eigenvalue weighted by Gasteiger charge is 2.33. The molecule has 0 aliphatic heterocycles. The van der Waals surface area contributed by atoms with Crippen LogP contribution in [0.5, 0.6) is 0 Å². The van der Waals surface area contributed by atoms with Crippen molar-refractivity contribution in [3.63, 3.8) is 0 Å². The Morgan fingerprint density at radius 1 is 1.29 bits per heavy atom. The topological polar surface area (TPSA) is 38.8 Å². The molecule has 0 aromatic rings. The third-order valence-electron chi connectivity index (χ3n) is 1.77. The van der Waals surface area contributed by atoms with Crippen LogP contribution in [0.3, 0.4) is 0 Å². The highest BCUT2D eigenvalue weighted by molar-refractivity contribution is 7.51. The third-order valence-corrected chi connectivity index (χ3v) is 4.28. The molecule has 5 heteroatoms. The lowest BCUT2D eigenvalue weighted by Gasteiger charge is -2.30. The van der Waals surface area contributed by atoms with Crippen LogP contribution in [0.1, 0.15) is 34.6 Å². The molecule has 0 bridgehead atoms. The van der Waals surface area contributed by atoms with Gasteiger partial charge in [-0.15, -0.1) is 0 Å². The molecule has 0 saturated carbocycles. The van der Waals surface area contributed by atoms with Gasteiger partial charge >= 0.3 is 7.75 Å². The highest BCUT2D eigenvalue weighted by atomic mass is 31.2. The Balaban J connectivity index is 4.62. The van der Waals surface area contributed by atoms with Crippen molar-refractivity contribution in [1.82, 2.24) is 4.67 Å². The summed E-state index contributed by atoms with van der Waals surface area (Å²) in [5, 5.41) is 0. The zero-order chi connectivity index (χ0) is 11.4. The highest BCUT2D eigenvalue weighted by Crippen LogP contribution is 2.52. The van der Waals surface area contributed by atoms with Crippen LogP contribution in [0.15, 0.2) is 0 Å². The average molecular weight is 223 g/mol. The molecule has 0 aromatic carbocycles. The van der Waals surface area contributed by atoms with Crippen molar-refractivity contribution in [2.24, 2.45) is 0 Å². The number of hydrogen-bond acceptors (Lipinski definition) is 3. The normalized spacial score (nSPS) is 16.6. The molecule has 14 heavy (non-hydrogen) atoms. The third kappa shape index (κ3) is 4.09. The Morgan fingerprint density at radius 2 is 1.79 bits per heavy atom. The summed E-state index contributed by atoms with van der Waals surface area (Å²) in [6.45, 7) is 9.80. The monoisotopic (exact) mass is 223 g/mol. The molecule has 0 aliphatic carbocycles. The fraction of sp³-hybridized carbons (Fsp3) is 1.00. The second-order valence-electron chi connectivity index (χ2n) is 3.71. The zero-order valence-corrected chi connectivity index (χ0v) is 10.9. The van der Waals surface area contributed by atoms with Crippen LogP contribution in [0.2, 0.25) is 0 Å². The smallest absolute Gasteiger partial charge is 0.297 e. The molecular formula is C9H22NO3P. The fourth-order valence-electron chi connectivity index (χ4n) is 0.908. The Bertz CT molecular complexity index is 206. The first-order valence-corrected chi connectivity index (χ1v) is 6.49. The molecule has 1 unspecified atom stereocenters. The van der Waals surface area contributed by atoms with E-state index >= 15 is 0 Å². The Morgan fingerprint density at radius 3 is 2.07 bits per heavy atom. The van der Waals surface area contributed by atoms with E-state index in [1.165, 1.54) is 0 Å². The molecule has 1 atom stereocenters. The second kappa shape index (κ2) is 5.86. The zero-order valence-electron chi connectivity index (χ0n) is 9.98. The van der Waals surface area contributed by atoms with Crippen molar-refractivity contribution >= 4 is 7.75 Å². The van der Waals surface area contributed by atoms with Crippen LogP contribution in [0.4, 0.5) is 0 Å². The van der Waals surface area contributed by atoms with Gasteiger partial charge in [0.1, 0.15) is 0 Å². The van der Waals surface area contributed by atoms with E-state index in [1.54, 1.807) is 11.7 Å². The van der Waals surface area contributed by atoms with E-state index in [4.69, 9.17) is 9.05 Å². The van der Waals surface area contributed by atoms with E-state index in [0.717, 1.165) is 0 Å². The van der Waals surface area contributed by atoms with Gasteiger partial charge in [0.15, 0.2) is 0 Å². The summed E-state index contributed by atoms with van der Waals surface area (Å²) in [4.78, 5) is 0. The predicted octanol–water partition coefficient (Wildman–Crippen LogP) is 2.90. The van der Waals surface area contributed by atoms with Crippen LogP contribution in [0.25, 0.3) is 0 Å². The molecule has 0 aliphatic rings. The maximum atomic E-state index is 12.2. The van der Waals surface area contributed by atoms with E-state index in [0.29, 0.717) is 6.61 Å². The quantitative estimate of drug-likeness (QED) is 0.649. The van der Waals surface area contributed by atoms with Gasteiger partial charge in [0, 0.05) is 6.04 Å². The number of nitrogens with zero attached hydrogens (tertiary/aromatic N) is 1. The lowest BCUT2D eigenvalue weighted by molar-refractivity contribution is 0.131. The van der Waals surface area contributed by atoms with E-state index in [9.17, 15) is 4.57 Å². The minimum atomic E-state index is -3.09. The first-order chi connectivity index (χ1) is 6.33. The van der Waals surface area contributed by atoms with Crippen LogP contribution >= 0.6 is 7.75 Å². The SMILES string of the molecule is CCOP(=O)(OC(C)C)N(C)C(C)C. The molecule has 0 aromatic heterocycles. The average Bonchev–Trinajstić information content (AvgIpc) is 2.01. The van der Waals surface area contributed by atoms with Crippen LogP contribution in [0, 0.1) is 0 Å². The fourth-order valence-corrected chi connectivity index (χ4v) is 2.72. The minimum Gasteiger partial charge on any atom is -0.297 e. The Hall–Kier alpha value is 0.110. The van der Waals surface area contributed by atoms with Crippen molar-refractivity contribution in [2.75, 3.05) is 13.7 Å². The summed E-state index contributed by atoms with van der Waals surface area (Å²) in [7, 11) is -1.34. The van der Waals surface area contributed by atoms with Crippen LogP contribution in [-0.4, -0.2) is 30.5 Å². The van der Waals surface area contributed by atoms with E-state index in [2.05, 4.69) is 0 Å². The van der Waals surface area contributed by atoms with Crippen molar-refractivity contribution in [1.29, 1.82) is 0 Å². The molecular weight excluding hydrogens is 201 g/mol. The number of hydrogen-bond donors (Lipinski definition) is 0. The van der Waals surface area contributed by atoms with Gasteiger partial charge in [0.05, 0.1) is 12.7 Å². The van der Waals surface area contributed by atoms with Crippen molar-refractivity contribution in [3.05, 3.63) is 0 Å². The lowest BCUT2D eigenvalue weighted by Crippen LogP contribution is -2.26. The molecule has 0 heterocycles. The molecule has 0 saturated heterocycles. The van der Waals surface area contributed by atoms with E-state index in [1.807, 2.05) is 34.6 Å². The standard InChI is InChI=1S/C9H22NO3P/c1-7-12-14(11,13-9(4)5)10(6)8(2)3/h8-9H,7H2,1-6H3. The Labute approximate surface area is 87.2 Å². The second-order valence-corrected chi connectivity index (χ2v) is 5.74. The summed E-state index contributed by atoms with van der Waals surface area (Å²) < 4.78 is 24.5. The summed E-state index contributed by atoms with van der Waals surface area (Å²) in [5.74, 6) is 0. The van der Waals surface area contributed by atoms with Gasteiger partial charge in [-0.3, -0.25) is 9.05 Å². The molecule has 0 N–H and O–H groups in total. The maximum absolute atomic E-state index is 12.2. The molecule has 0 spiro atoms. The minimum absolute atomic E-state index is 0.103. The summed E-state index contributed by atoms with van der Waals surface area (Å²) in [5.41, 5.74) is 0. The molecule has 4 nitrogen and oxygen atoms in total. The maximum Gasteiger partial charge on any atom is 0.408 e. The van der Waals surface area contributed by atoms with Crippen molar-refractivity contribution in [3.8, 4) is 0 Å². The van der Waals surface area contributed by atoms with Crippen LogP contribution < -0.4 is 0 Å². The van der Waals surface area contributed by atoms with Gasteiger partial charge in [-0.25, -0.2) is 9.24 Å². The van der Waals surface area contributed by atoms with Gasteiger partial charge in [-0.05, 0) is 41.7 Å². The first-order valence-electron chi connectivity index (χ1n) is 4.99. The van der Waals surface area contributed by atoms with Gasteiger partial charge in [0.25, 0.3) is 0 Å². The van der Waals surface area contributed by atoms with Crippen LogP contribution in [-0.2, 0) is 13.6 Å². The van der Waals surface area contributed by atoms with Gasteiger partial charge in [-0.1, -0.05) is 0 Å². The largest absolute Gasteiger partial charge is 0.408 e. The van der Waals surface area contributed by atoms with E-state index < -0.39 is 7.75 Å². The first kappa shape index (κ1) is 14.1. The van der Waals surface area contributed by atoms with E-state index in [-0.39, 0.29) is 12.1 Å². The molecule has 0 radical (unpaired) electrons. The molecule has 86 valence electrons. The van der Waals surface area contributed by atoms with Gasteiger partial charge in [0.2, 0.25) is 0 Å². The molecule has 0 fully saturated rings. The Kier molecular flexibility index (Phi) is 5.91. The van der Waals surface area contributed by atoms with Crippen molar-refractivity contribution < 1.29 is 13.6 Å². The van der Waals surface area contributed by atoms with Crippen molar-refractivity contribution in [2.45, 2.75) is 46.8 Å². The van der Waals surface area contributed by atoms with Gasteiger partial charge in [-0.2, -0.15) is 0 Å². The molecule has 0 amide bonds.